The number of carboxylic acids is 1. The van der Waals surface area contributed by atoms with E-state index >= 15 is 0 Å². The topological polar surface area (TPSA) is 75.3 Å². The monoisotopic (exact) mass is 198 g/mol. The van der Waals surface area contributed by atoms with Crippen molar-refractivity contribution in [3.8, 4) is 0 Å². The zero-order valence-electron chi connectivity index (χ0n) is 7.40. The molecule has 0 heterocycles. The van der Waals surface area contributed by atoms with Crippen molar-refractivity contribution in [2.45, 2.75) is 6.04 Å². The summed E-state index contributed by atoms with van der Waals surface area (Å²) in [5.41, 5.74) is 5.90. The van der Waals surface area contributed by atoms with Crippen molar-refractivity contribution in [1.82, 2.24) is 0 Å². The fourth-order valence-corrected chi connectivity index (χ4v) is 0.883. The van der Waals surface area contributed by atoms with Gasteiger partial charge in [-0.15, -0.1) is 0 Å². The van der Waals surface area contributed by atoms with E-state index in [0.29, 0.717) is 5.69 Å². The summed E-state index contributed by atoms with van der Waals surface area (Å²) in [5, 5.41) is 11.3. The molecular formula is C9H11FN2O2. The minimum absolute atomic E-state index is 0.112. The summed E-state index contributed by atoms with van der Waals surface area (Å²) >= 11 is 0. The molecule has 0 aliphatic heterocycles. The molecule has 0 saturated carbocycles. The first-order valence-corrected chi connectivity index (χ1v) is 4.07. The second-order valence-electron chi connectivity index (χ2n) is 2.83. The lowest BCUT2D eigenvalue weighted by Crippen LogP contribution is -2.36. The third-order valence-corrected chi connectivity index (χ3v) is 1.69. The molecule has 5 heteroatoms. The van der Waals surface area contributed by atoms with E-state index in [1.165, 1.54) is 24.3 Å². The second kappa shape index (κ2) is 4.57. The minimum atomic E-state index is -1.07. The van der Waals surface area contributed by atoms with Crippen LogP contribution in [0.1, 0.15) is 0 Å². The Morgan fingerprint density at radius 1 is 1.50 bits per heavy atom. The number of halogens is 1. The number of carbonyl (C=O) groups is 1. The standard InChI is InChI=1S/C9H11FN2O2/c10-6-1-3-7(4-2-6)12-5-8(11)9(13)14/h1-4,8,12H,5,11H2,(H,13,14). The summed E-state index contributed by atoms with van der Waals surface area (Å²) in [4.78, 5) is 10.3. The number of hydrogen-bond acceptors (Lipinski definition) is 3. The summed E-state index contributed by atoms with van der Waals surface area (Å²) < 4.78 is 12.5. The molecule has 1 atom stereocenters. The Morgan fingerprint density at radius 3 is 2.57 bits per heavy atom. The molecule has 1 unspecified atom stereocenters. The van der Waals surface area contributed by atoms with Gasteiger partial charge in [-0.25, -0.2) is 4.39 Å². The lowest BCUT2D eigenvalue weighted by Gasteiger charge is -2.09. The van der Waals surface area contributed by atoms with Crippen molar-refractivity contribution in [2.24, 2.45) is 5.73 Å². The van der Waals surface area contributed by atoms with Gasteiger partial charge in [0.1, 0.15) is 11.9 Å². The van der Waals surface area contributed by atoms with Gasteiger partial charge in [0.2, 0.25) is 0 Å². The van der Waals surface area contributed by atoms with E-state index in [2.05, 4.69) is 5.32 Å². The van der Waals surface area contributed by atoms with Crippen LogP contribution >= 0.6 is 0 Å². The smallest absolute Gasteiger partial charge is 0.322 e. The van der Waals surface area contributed by atoms with E-state index in [1.807, 2.05) is 0 Å². The number of rotatable bonds is 4. The van der Waals surface area contributed by atoms with Crippen molar-refractivity contribution in [3.63, 3.8) is 0 Å². The predicted molar refractivity (Wildman–Crippen MR) is 50.5 cm³/mol. The van der Waals surface area contributed by atoms with E-state index < -0.39 is 12.0 Å². The Kier molecular flexibility index (Phi) is 3.41. The summed E-state index contributed by atoms with van der Waals surface area (Å²) in [5.74, 6) is -1.40. The third kappa shape index (κ3) is 3.02. The Morgan fingerprint density at radius 2 is 2.07 bits per heavy atom. The summed E-state index contributed by atoms with van der Waals surface area (Å²) in [6.45, 7) is 0.112. The fourth-order valence-electron chi connectivity index (χ4n) is 0.883. The molecule has 0 aliphatic carbocycles. The van der Waals surface area contributed by atoms with Gasteiger partial charge in [0, 0.05) is 12.2 Å². The van der Waals surface area contributed by atoms with Crippen LogP contribution in [0.2, 0.25) is 0 Å². The summed E-state index contributed by atoms with van der Waals surface area (Å²) in [6.07, 6.45) is 0. The molecule has 1 rings (SSSR count). The number of nitrogens with one attached hydrogen (secondary N) is 1. The highest BCUT2D eigenvalue weighted by Gasteiger charge is 2.09. The van der Waals surface area contributed by atoms with E-state index in [1.54, 1.807) is 0 Å². The lowest BCUT2D eigenvalue weighted by molar-refractivity contribution is -0.138. The zero-order valence-corrected chi connectivity index (χ0v) is 7.40. The largest absolute Gasteiger partial charge is 0.480 e. The zero-order chi connectivity index (χ0) is 10.6. The van der Waals surface area contributed by atoms with E-state index in [9.17, 15) is 9.18 Å². The van der Waals surface area contributed by atoms with Crippen molar-refractivity contribution in [2.75, 3.05) is 11.9 Å². The maximum absolute atomic E-state index is 12.5. The molecule has 0 spiro atoms. The highest BCUT2D eigenvalue weighted by Crippen LogP contribution is 2.07. The SMILES string of the molecule is NC(CNc1ccc(F)cc1)C(=O)O. The van der Waals surface area contributed by atoms with E-state index in [4.69, 9.17) is 10.8 Å². The van der Waals surface area contributed by atoms with Crippen LogP contribution in [0.25, 0.3) is 0 Å². The highest BCUT2D eigenvalue weighted by atomic mass is 19.1. The number of aliphatic carboxylic acids is 1. The van der Waals surface area contributed by atoms with Gasteiger partial charge < -0.3 is 16.2 Å². The Balaban J connectivity index is 2.46. The first-order chi connectivity index (χ1) is 6.59. The molecule has 0 radical (unpaired) electrons. The lowest BCUT2D eigenvalue weighted by atomic mass is 10.2. The molecule has 1 aromatic carbocycles. The minimum Gasteiger partial charge on any atom is -0.480 e. The Hall–Kier alpha value is -1.62. The first-order valence-electron chi connectivity index (χ1n) is 4.07. The van der Waals surface area contributed by atoms with Crippen molar-refractivity contribution in [1.29, 1.82) is 0 Å². The van der Waals surface area contributed by atoms with Gasteiger partial charge in [0.15, 0.2) is 0 Å². The van der Waals surface area contributed by atoms with Crippen LogP contribution in [0.15, 0.2) is 24.3 Å². The molecule has 0 aromatic heterocycles. The number of anilines is 1. The van der Waals surface area contributed by atoms with Gasteiger partial charge in [0.25, 0.3) is 0 Å². The molecule has 0 bridgehead atoms. The van der Waals surface area contributed by atoms with Crippen LogP contribution in [0.5, 0.6) is 0 Å². The van der Waals surface area contributed by atoms with Gasteiger partial charge >= 0.3 is 5.97 Å². The summed E-state index contributed by atoms with van der Waals surface area (Å²) in [6, 6.07) is 4.65. The number of nitrogens with two attached hydrogens (primary N) is 1. The van der Waals surface area contributed by atoms with Gasteiger partial charge in [-0.1, -0.05) is 0 Å². The van der Waals surface area contributed by atoms with Crippen LogP contribution in [0, 0.1) is 5.82 Å². The van der Waals surface area contributed by atoms with Crippen molar-refractivity contribution >= 4 is 11.7 Å². The Labute approximate surface area is 80.5 Å². The molecule has 4 N–H and O–H groups in total. The van der Waals surface area contributed by atoms with E-state index in [0.717, 1.165) is 0 Å². The molecule has 14 heavy (non-hydrogen) atoms. The first kappa shape index (κ1) is 10.5. The van der Waals surface area contributed by atoms with Gasteiger partial charge in [0.05, 0.1) is 0 Å². The Bertz CT molecular complexity index is 313. The van der Waals surface area contributed by atoms with Crippen LogP contribution in [-0.2, 0) is 4.79 Å². The fraction of sp³-hybridized carbons (Fsp3) is 0.222. The second-order valence-corrected chi connectivity index (χ2v) is 2.83. The average Bonchev–Trinajstić information content (AvgIpc) is 2.16. The molecule has 4 nitrogen and oxygen atoms in total. The van der Waals surface area contributed by atoms with Crippen LogP contribution < -0.4 is 11.1 Å². The van der Waals surface area contributed by atoms with Crippen molar-refractivity contribution < 1.29 is 14.3 Å². The average molecular weight is 198 g/mol. The molecule has 0 fully saturated rings. The van der Waals surface area contributed by atoms with Crippen LogP contribution in [0.4, 0.5) is 10.1 Å². The normalized spacial score (nSPS) is 12.1. The van der Waals surface area contributed by atoms with Crippen molar-refractivity contribution in [3.05, 3.63) is 30.1 Å². The maximum atomic E-state index is 12.5. The van der Waals surface area contributed by atoms with E-state index in [-0.39, 0.29) is 12.4 Å². The van der Waals surface area contributed by atoms with Gasteiger partial charge in [-0.05, 0) is 24.3 Å². The predicted octanol–water partition coefficient (Wildman–Crippen LogP) is 0.649. The highest BCUT2D eigenvalue weighted by molar-refractivity contribution is 5.74. The molecule has 76 valence electrons. The van der Waals surface area contributed by atoms with Crippen LogP contribution in [0.3, 0.4) is 0 Å². The molecular weight excluding hydrogens is 187 g/mol. The maximum Gasteiger partial charge on any atom is 0.322 e. The third-order valence-electron chi connectivity index (χ3n) is 1.69. The number of carboxylic acid groups (broad SMARTS) is 1. The van der Waals surface area contributed by atoms with Gasteiger partial charge in [-0.2, -0.15) is 0 Å². The van der Waals surface area contributed by atoms with Crippen LogP contribution in [-0.4, -0.2) is 23.7 Å². The van der Waals surface area contributed by atoms with Gasteiger partial charge in [-0.3, -0.25) is 4.79 Å². The molecule has 0 saturated heterocycles. The molecule has 0 amide bonds. The molecule has 0 aliphatic rings. The number of hydrogen-bond donors (Lipinski definition) is 3. The quantitative estimate of drug-likeness (QED) is 0.664. The molecule has 1 aromatic rings. The number of benzene rings is 1. The summed E-state index contributed by atoms with van der Waals surface area (Å²) in [7, 11) is 0.